The lowest BCUT2D eigenvalue weighted by Gasteiger charge is -2.27. The lowest BCUT2D eigenvalue weighted by Crippen LogP contribution is -2.29. The molecule has 0 radical (unpaired) electrons. The number of amides is 1. The van der Waals surface area contributed by atoms with E-state index in [1.807, 2.05) is 61.5 Å². The molecule has 1 amide bonds. The van der Waals surface area contributed by atoms with Gasteiger partial charge in [0.05, 0.1) is 12.3 Å². The summed E-state index contributed by atoms with van der Waals surface area (Å²) in [5.74, 6) is -0.0314. The number of hydrogen-bond acceptors (Lipinski definition) is 4. The highest BCUT2D eigenvalue weighted by Gasteiger charge is 2.39. The van der Waals surface area contributed by atoms with Crippen LogP contribution in [-0.4, -0.2) is 33.1 Å². The first kappa shape index (κ1) is 19.3. The molecule has 4 rings (SSSR count). The van der Waals surface area contributed by atoms with Crippen molar-refractivity contribution in [1.29, 1.82) is 0 Å². The molecule has 29 heavy (non-hydrogen) atoms. The summed E-state index contributed by atoms with van der Waals surface area (Å²) in [6.07, 6.45) is 3.20. The van der Waals surface area contributed by atoms with Gasteiger partial charge in [-0.2, -0.15) is 5.10 Å². The average Bonchev–Trinajstić information content (AvgIpc) is 3.04. The first-order valence-corrected chi connectivity index (χ1v) is 9.81. The minimum atomic E-state index is -0.284. The van der Waals surface area contributed by atoms with Gasteiger partial charge in [0.15, 0.2) is 0 Å². The molecule has 0 unspecified atom stereocenters. The fourth-order valence-corrected chi connectivity index (χ4v) is 3.62. The maximum absolute atomic E-state index is 12.9. The summed E-state index contributed by atoms with van der Waals surface area (Å²) in [6, 6.07) is 21.5. The standard InChI is InChI=1S/C23H21ClN4O/c1-17(19-7-9-21(24)10-8-19)26-28-22(29)16-27(15-18-5-3-2-4-6-18)23(28)20-11-13-25-14-12-20/h2-14,23H,15-16H2,1H3/t23-/m1/s1. The summed E-state index contributed by atoms with van der Waals surface area (Å²) in [7, 11) is 0. The number of carbonyl (C=O) groups excluding carboxylic acids is 1. The molecular weight excluding hydrogens is 384 g/mol. The molecule has 3 aromatic rings. The van der Waals surface area contributed by atoms with Gasteiger partial charge in [0.25, 0.3) is 5.91 Å². The maximum Gasteiger partial charge on any atom is 0.258 e. The molecule has 2 heterocycles. The number of halogens is 1. The SMILES string of the molecule is CC(=NN1C(=O)CN(Cc2ccccc2)[C@H]1c1ccncc1)c1ccc(Cl)cc1. The zero-order valence-electron chi connectivity index (χ0n) is 16.1. The van der Waals surface area contributed by atoms with E-state index in [0.717, 1.165) is 22.4 Å². The van der Waals surface area contributed by atoms with Crippen LogP contribution in [0.2, 0.25) is 5.02 Å². The Bertz CT molecular complexity index is 1010. The van der Waals surface area contributed by atoms with Gasteiger partial charge in [-0.25, -0.2) is 5.01 Å². The van der Waals surface area contributed by atoms with E-state index in [1.165, 1.54) is 0 Å². The molecule has 0 bridgehead atoms. The second-order valence-electron chi connectivity index (χ2n) is 6.98. The highest BCUT2D eigenvalue weighted by molar-refractivity contribution is 6.30. The molecule has 1 atom stereocenters. The normalized spacial score (nSPS) is 17.7. The van der Waals surface area contributed by atoms with E-state index in [2.05, 4.69) is 22.0 Å². The predicted octanol–water partition coefficient (Wildman–Crippen LogP) is 4.50. The van der Waals surface area contributed by atoms with E-state index in [4.69, 9.17) is 16.7 Å². The van der Waals surface area contributed by atoms with E-state index in [9.17, 15) is 4.79 Å². The van der Waals surface area contributed by atoms with Crippen molar-refractivity contribution in [2.45, 2.75) is 19.6 Å². The molecule has 6 heteroatoms. The van der Waals surface area contributed by atoms with Gasteiger partial charge in [-0.1, -0.05) is 54.1 Å². The Balaban J connectivity index is 1.68. The molecule has 0 aliphatic carbocycles. The van der Waals surface area contributed by atoms with E-state index in [0.29, 0.717) is 18.1 Å². The summed E-state index contributed by atoms with van der Waals surface area (Å²) < 4.78 is 0. The lowest BCUT2D eigenvalue weighted by atomic mass is 10.1. The fraction of sp³-hybridized carbons (Fsp3) is 0.174. The molecule has 1 aliphatic rings. The number of carbonyl (C=O) groups is 1. The van der Waals surface area contributed by atoms with Gasteiger partial charge in [-0.05, 0) is 47.9 Å². The Kier molecular flexibility index (Phi) is 5.69. The number of hydrogen-bond donors (Lipinski definition) is 0. The zero-order valence-corrected chi connectivity index (χ0v) is 16.8. The second kappa shape index (κ2) is 8.55. The molecular formula is C23H21ClN4O. The Morgan fingerprint density at radius 1 is 1.07 bits per heavy atom. The second-order valence-corrected chi connectivity index (χ2v) is 7.41. The van der Waals surface area contributed by atoms with Crippen LogP contribution in [0.15, 0.2) is 84.2 Å². The van der Waals surface area contributed by atoms with Crippen LogP contribution in [0, 0.1) is 0 Å². The van der Waals surface area contributed by atoms with Gasteiger partial charge in [-0.3, -0.25) is 14.7 Å². The summed E-state index contributed by atoms with van der Waals surface area (Å²) in [5, 5.41) is 6.96. The van der Waals surface area contributed by atoms with Gasteiger partial charge in [0.1, 0.15) is 6.17 Å². The highest BCUT2D eigenvalue weighted by atomic mass is 35.5. The van der Waals surface area contributed by atoms with Gasteiger partial charge < -0.3 is 0 Å². The minimum Gasteiger partial charge on any atom is -0.271 e. The molecule has 0 N–H and O–H groups in total. The van der Waals surface area contributed by atoms with Crippen LogP contribution < -0.4 is 0 Å². The Hall–Kier alpha value is -3.02. The molecule has 1 aromatic heterocycles. The number of aromatic nitrogens is 1. The van der Waals surface area contributed by atoms with Gasteiger partial charge in [-0.15, -0.1) is 0 Å². The molecule has 1 saturated heterocycles. The van der Waals surface area contributed by atoms with Crippen LogP contribution in [-0.2, 0) is 11.3 Å². The topological polar surface area (TPSA) is 48.8 Å². The predicted molar refractivity (Wildman–Crippen MR) is 114 cm³/mol. The number of benzene rings is 2. The van der Waals surface area contributed by atoms with Crippen molar-refractivity contribution in [1.82, 2.24) is 14.9 Å². The van der Waals surface area contributed by atoms with E-state index >= 15 is 0 Å². The Morgan fingerprint density at radius 3 is 2.45 bits per heavy atom. The fourth-order valence-electron chi connectivity index (χ4n) is 3.49. The lowest BCUT2D eigenvalue weighted by molar-refractivity contribution is -0.128. The van der Waals surface area contributed by atoms with Crippen molar-refractivity contribution < 1.29 is 4.79 Å². The third-order valence-electron chi connectivity index (χ3n) is 4.92. The number of pyridine rings is 1. The van der Waals surface area contributed by atoms with Crippen molar-refractivity contribution in [3.8, 4) is 0 Å². The average molecular weight is 405 g/mol. The van der Waals surface area contributed by atoms with E-state index in [-0.39, 0.29) is 12.1 Å². The van der Waals surface area contributed by atoms with Crippen LogP contribution in [0.3, 0.4) is 0 Å². The molecule has 146 valence electrons. The molecule has 5 nitrogen and oxygen atoms in total. The maximum atomic E-state index is 12.9. The summed E-state index contributed by atoms with van der Waals surface area (Å²) >= 11 is 5.99. The van der Waals surface area contributed by atoms with Crippen LogP contribution in [0.4, 0.5) is 0 Å². The quantitative estimate of drug-likeness (QED) is 0.588. The zero-order chi connectivity index (χ0) is 20.2. The van der Waals surface area contributed by atoms with Crippen LogP contribution in [0.25, 0.3) is 0 Å². The van der Waals surface area contributed by atoms with Crippen molar-refractivity contribution in [2.24, 2.45) is 5.10 Å². The number of nitrogens with zero attached hydrogens (tertiary/aromatic N) is 4. The van der Waals surface area contributed by atoms with E-state index in [1.54, 1.807) is 17.4 Å². The van der Waals surface area contributed by atoms with Gasteiger partial charge in [0.2, 0.25) is 0 Å². The highest BCUT2D eigenvalue weighted by Crippen LogP contribution is 2.32. The number of hydrazone groups is 1. The van der Waals surface area contributed by atoms with Crippen LogP contribution in [0.5, 0.6) is 0 Å². The van der Waals surface area contributed by atoms with Gasteiger partial charge in [0, 0.05) is 24.0 Å². The smallest absolute Gasteiger partial charge is 0.258 e. The van der Waals surface area contributed by atoms with Crippen molar-refractivity contribution in [3.63, 3.8) is 0 Å². The molecule has 1 fully saturated rings. The third kappa shape index (κ3) is 4.36. The van der Waals surface area contributed by atoms with Crippen molar-refractivity contribution >= 4 is 23.2 Å². The third-order valence-corrected chi connectivity index (χ3v) is 5.18. The Morgan fingerprint density at radius 2 is 1.76 bits per heavy atom. The first-order chi connectivity index (χ1) is 14.1. The molecule has 0 saturated carbocycles. The van der Waals surface area contributed by atoms with Crippen molar-refractivity contribution in [2.75, 3.05) is 6.54 Å². The summed E-state index contributed by atoms with van der Waals surface area (Å²) in [6.45, 7) is 2.87. The summed E-state index contributed by atoms with van der Waals surface area (Å²) in [4.78, 5) is 19.2. The van der Waals surface area contributed by atoms with Crippen LogP contribution in [0.1, 0.15) is 29.8 Å². The first-order valence-electron chi connectivity index (χ1n) is 9.43. The van der Waals surface area contributed by atoms with Crippen LogP contribution >= 0.6 is 11.6 Å². The van der Waals surface area contributed by atoms with E-state index < -0.39 is 0 Å². The number of rotatable bonds is 5. The molecule has 2 aromatic carbocycles. The van der Waals surface area contributed by atoms with Gasteiger partial charge >= 0.3 is 0 Å². The Labute approximate surface area is 175 Å². The monoisotopic (exact) mass is 404 g/mol. The molecule has 0 spiro atoms. The summed E-state index contributed by atoms with van der Waals surface area (Å²) in [5.41, 5.74) is 3.82. The minimum absolute atomic E-state index is 0.0314. The molecule has 1 aliphatic heterocycles. The largest absolute Gasteiger partial charge is 0.271 e. The van der Waals surface area contributed by atoms with Crippen molar-refractivity contribution in [3.05, 3.63) is 101 Å².